The molecule has 1 aromatic heterocycles. The summed E-state index contributed by atoms with van der Waals surface area (Å²) in [5.74, 6) is 0.826. The van der Waals surface area contributed by atoms with E-state index in [1.807, 2.05) is 60.7 Å². The van der Waals surface area contributed by atoms with Gasteiger partial charge < -0.3 is 23.7 Å². The number of aromatic hydroxyl groups is 1. The van der Waals surface area contributed by atoms with Gasteiger partial charge in [-0.25, -0.2) is 0 Å². The zero-order valence-electron chi connectivity index (χ0n) is 20.0. The second kappa shape index (κ2) is 11.3. The van der Waals surface area contributed by atoms with E-state index in [2.05, 4.69) is 4.90 Å². The van der Waals surface area contributed by atoms with Gasteiger partial charge in [0.25, 0.3) is 0 Å². The smallest absolute Gasteiger partial charge is 0.205 e. The van der Waals surface area contributed by atoms with Crippen LogP contribution in [0.15, 0.2) is 82.0 Å². The van der Waals surface area contributed by atoms with Gasteiger partial charge in [0.2, 0.25) is 5.75 Å². The number of benzene rings is 3. The molecular formula is C29H29NO6. The van der Waals surface area contributed by atoms with Gasteiger partial charge in [-0.15, -0.1) is 0 Å². The first-order valence-corrected chi connectivity index (χ1v) is 12.2. The van der Waals surface area contributed by atoms with Gasteiger partial charge in [-0.05, 0) is 12.0 Å². The Bertz CT molecular complexity index is 1350. The molecule has 0 atom stereocenters. The maximum absolute atomic E-state index is 13.0. The van der Waals surface area contributed by atoms with Crippen LogP contribution in [0.4, 0.5) is 0 Å². The van der Waals surface area contributed by atoms with E-state index in [9.17, 15) is 9.90 Å². The van der Waals surface area contributed by atoms with Crippen molar-refractivity contribution < 1.29 is 23.7 Å². The molecule has 0 radical (unpaired) electrons. The lowest BCUT2D eigenvalue weighted by Crippen LogP contribution is -2.37. The molecule has 0 bridgehead atoms. The Balaban J connectivity index is 1.48. The van der Waals surface area contributed by atoms with E-state index >= 15 is 0 Å². The molecule has 7 heteroatoms. The van der Waals surface area contributed by atoms with Crippen molar-refractivity contribution >= 4 is 11.0 Å². The Hall–Kier alpha value is -3.81. The lowest BCUT2D eigenvalue weighted by Gasteiger charge is -2.26. The maximum atomic E-state index is 13.0. The number of phenols is 1. The molecule has 2 heterocycles. The lowest BCUT2D eigenvalue weighted by molar-refractivity contribution is 0.0357. The largest absolute Gasteiger partial charge is 0.507 e. The van der Waals surface area contributed by atoms with Gasteiger partial charge in [0.15, 0.2) is 16.8 Å². The highest BCUT2D eigenvalue weighted by Gasteiger charge is 2.21. The fraction of sp³-hybridized carbons (Fsp3) is 0.276. The molecule has 0 amide bonds. The van der Waals surface area contributed by atoms with Gasteiger partial charge >= 0.3 is 0 Å². The van der Waals surface area contributed by atoms with E-state index in [1.165, 1.54) is 12.1 Å². The second-order valence-electron chi connectivity index (χ2n) is 8.70. The summed E-state index contributed by atoms with van der Waals surface area (Å²) in [6, 6.07) is 21.9. The van der Waals surface area contributed by atoms with Crippen LogP contribution < -0.4 is 14.9 Å². The van der Waals surface area contributed by atoms with Crippen LogP contribution in [0.5, 0.6) is 17.2 Å². The Morgan fingerprint density at radius 1 is 0.917 bits per heavy atom. The highest BCUT2D eigenvalue weighted by Crippen LogP contribution is 2.41. The van der Waals surface area contributed by atoms with Crippen molar-refractivity contribution in [3.05, 3.63) is 88.6 Å². The van der Waals surface area contributed by atoms with Crippen LogP contribution in [0.25, 0.3) is 22.3 Å². The van der Waals surface area contributed by atoms with Crippen LogP contribution in [0, 0.1) is 0 Å². The average Bonchev–Trinajstić information content (AvgIpc) is 2.92. The molecular weight excluding hydrogens is 458 g/mol. The molecule has 0 aliphatic carbocycles. The third kappa shape index (κ3) is 5.53. The number of phenolic OH excluding ortho intramolecular Hbond substituents is 1. The highest BCUT2D eigenvalue weighted by molar-refractivity contribution is 5.91. The number of hydrogen-bond donors (Lipinski definition) is 1. The van der Waals surface area contributed by atoms with Crippen LogP contribution in [-0.2, 0) is 11.3 Å². The van der Waals surface area contributed by atoms with Gasteiger partial charge in [-0.3, -0.25) is 9.69 Å². The summed E-state index contributed by atoms with van der Waals surface area (Å²) in [4.78, 5) is 15.4. The molecule has 0 saturated carbocycles. The second-order valence-corrected chi connectivity index (χ2v) is 8.70. The first kappa shape index (κ1) is 23.9. The lowest BCUT2D eigenvalue weighted by atomic mass is 10.1. The molecule has 5 rings (SSSR count). The minimum absolute atomic E-state index is 0.0740. The van der Waals surface area contributed by atoms with Crippen LogP contribution >= 0.6 is 0 Å². The van der Waals surface area contributed by atoms with Crippen molar-refractivity contribution in [3.63, 3.8) is 0 Å². The molecule has 4 aromatic rings. The van der Waals surface area contributed by atoms with Crippen molar-refractivity contribution in [1.82, 2.24) is 4.90 Å². The summed E-state index contributed by atoms with van der Waals surface area (Å²) < 4.78 is 23.9. The molecule has 186 valence electrons. The first-order valence-electron chi connectivity index (χ1n) is 12.2. The SMILES string of the molecule is O=c1cc(-c2ccccc2)oc2c(OCCCN3CCOCC3)c(OCc3ccccc3)cc(O)c12. The van der Waals surface area contributed by atoms with Gasteiger partial charge in [0.1, 0.15) is 23.5 Å². The first-order chi connectivity index (χ1) is 17.7. The van der Waals surface area contributed by atoms with Crippen molar-refractivity contribution in [3.8, 4) is 28.6 Å². The number of rotatable bonds is 9. The molecule has 36 heavy (non-hydrogen) atoms. The van der Waals surface area contributed by atoms with Crippen molar-refractivity contribution in [2.75, 3.05) is 39.5 Å². The fourth-order valence-corrected chi connectivity index (χ4v) is 4.28. The molecule has 0 unspecified atom stereocenters. The zero-order valence-corrected chi connectivity index (χ0v) is 20.0. The van der Waals surface area contributed by atoms with E-state index < -0.39 is 0 Å². The summed E-state index contributed by atoms with van der Waals surface area (Å²) >= 11 is 0. The molecule has 3 aromatic carbocycles. The minimum Gasteiger partial charge on any atom is -0.507 e. The molecule has 1 fully saturated rings. The van der Waals surface area contributed by atoms with Crippen LogP contribution in [0.3, 0.4) is 0 Å². The fourth-order valence-electron chi connectivity index (χ4n) is 4.28. The van der Waals surface area contributed by atoms with E-state index in [-0.39, 0.29) is 28.8 Å². The van der Waals surface area contributed by atoms with E-state index in [0.717, 1.165) is 50.4 Å². The standard InChI is InChI=1S/C29H29NO6/c31-23-18-25(22-10-5-2-6-11-22)36-29-27(23)24(32)19-26(35-20-21-8-3-1-4-9-21)28(29)34-15-7-12-30-13-16-33-17-14-30/h1-6,8-11,18-19,32H,7,12-17,20H2. The molecule has 1 saturated heterocycles. The van der Waals surface area contributed by atoms with Gasteiger partial charge in [0.05, 0.1) is 19.8 Å². The Kier molecular flexibility index (Phi) is 7.50. The number of fused-ring (bicyclic) bond motifs is 1. The quantitative estimate of drug-likeness (QED) is 0.338. The van der Waals surface area contributed by atoms with Crippen molar-refractivity contribution in [1.29, 1.82) is 0 Å². The predicted molar refractivity (Wildman–Crippen MR) is 138 cm³/mol. The van der Waals surface area contributed by atoms with Gasteiger partial charge in [0, 0.05) is 37.3 Å². The Morgan fingerprint density at radius 3 is 2.39 bits per heavy atom. The number of morpholine rings is 1. The summed E-state index contributed by atoms with van der Waals surface area (Å²) in [5.41, 5.74) is 1.55. The molecule has 7 nitrogen and oxygen atoms in total. The van der Waals surface area contributed by atoms with Crippen molar-refractivity contribution in [2.24, 2.45) is 0 Å². The number of hydrogen-bond acceptors (Lipinski definition) is 7. The molecule has 0 spiro atoms. The summed E-state index contributed by atoms with van der Waals surface area (Å²) in [5, 5.41) is 10.8. The van der Waals surface area contributed by atoms with Crippen LogP contribution in [0.1, 0.15) is 12.0 Å². The Morgan fingerprint density at radius 2 is 1.64 bits per heavy atom. The summed E-state index contributed by atoms with van der Waals surface area (Å²) in [6.45, 7) is 4.85. The molecule has 1 N–H and O–H groups in total. The van der Waals surface area contributed by atoms with E-state index in [1.54, 1.807) is 0 Å². The average molecular weight is 488 g/mol. The van der Waals surface area contributed by atoms with Crippen LogP contribution in [0.2, 0.25) is 0 Å². The van der Waals surface area contributed by atoms with E-state index in [4.69, 9.17) is 18.6 Å². The van der Waals surface area contributed by atoms with Crippen molar-refractivity contribution in [2.45, 2.75) is 13.0 Å². The van der Waals surface area contributed by atoms with Gasteiger partial charge in [-0.2, -0.15) is 0 Å². The Labute approximate surface area is 209 Å². The topological polar surface area (TPSA) is 81.4 Å². The normalized spacial score (nSPS) is 14.1. The monoisotopic (exact) mass is 487 g/mol. The number of nitrogens with zero attached hydrogens (tertiary/aromatic N) is 1. The molecule has 1 aliphatic rings. The van der Waals surface area contributed by atoms with Gasteiger partial charge in [-0.1, -0.05) is 60.7 Å². The minimum atomic E-state index is -0.347. The zero-order chi connectivity index (χ0) is 24.7. The molecule has 1 aliphatic heterocycles. The number of ether oxygens (including phenoxy) is 3. The maximum Gasteiger partial charge on any atom is 0.205 e. The predicted octanol–water partition coefficient (Wildman–Crippen LogP) is 4.85. The third-order valence-corrected chi connectivity index (χ3v) is 6.17. The van der Waals surface area contributed by atoms with Crippen LogP contribution in [-0.4, -0.2) is 49.5 Å². The summed E-state index contributed by atoms with van der Waals surface area (Å²) in [7, 11) is 0. The highest BCUT2D eigenvalue weighted by atomic mass is 16.5. The van der Waals surface area contributed by atoms with E-state index in [0.29, 0.717) is 23.9 Å². The summed E-state index contributed by atoms with van der Waals surface area (Å²) in [6.07, 6.45) is 0.781. The third-order valence-electron chi connectivity index (χ3n) is 6.17.